The van der Waals surface area contributed by atoms with E-state index in [4.69, 9.17) is 18.9 Å². The highest BCUT2D eigenvalue weighted by Crippen LogP contribution is 2.25. The summed E-state index contributed by atoms with van der Waals surface area (Å²) in [5.74, 6) is 0.368. The van der Waals surface area contributed by atoms with E-state index in [1.165, 1.54) is 0 Å². The summed E-state index contributed by atoms with van der Waals surface area (Å²) in [6, 6.07) is 0. The number of carbonyl (C=O) groups excluding carboxylic acids is 2. The second-order valence-corrected chi connectivity index (χ2v) is 6.99. The normalized spacial score (nSPS) is 21.5. The molecule has 25 heavy (non-hydrogen) atoms. The molecule has 0 aromatic rings. The number of ether oxygens (including phenoxy) is 4. The van der Waals surface area contributed by atoms with Crippen LogP contribution in [0.4, 0.5) is 9.59 Å². The molecule has 0 bridgehead atoms. The van der Waals surface area contributed by atoms with Crippen molar-refractivity contribution < 1.29 is 28.5 Å². The third kappa shape index (κ3) is 8.98. The molecule has 6 heteroatoms. The number of hydrogen-bond acceptors (Lipinski definition) is 6. The van der Waals surface area contributed by atoms with Crippen molar-refractivity contribution in [2.45, 2.75) is 97.4 Å². The quantitative estimate of drug-likeness (QED) is 0.526. The van der Waals surface area contributed by atoms with Gasteiger partial charge < -0.3 is 18.9 Å². The predicted octanol–water partition coefficient (Wildman–Crippen LogP) is 5.23. The molecule has 3 unspecified atom stereocenters. The van der Waals surface area contributed by atoms with Crippen molar-refractivity contribution in [1.82, 2.24) is 0 Å². The van der Waals surface area contributed by atoms with Crippen molar-refractivity contribution in [3.63, 3.8) is 0 Å². The van der Waals surface area contributed by atoms with Gasteiger partial charge in [0.05, 0.1) is 12.7 Å². The summed E-state index contributed by atoms with van der Waals surface area (Å²) in [5.41, 5.74) is 0. The van der Waals surface area contributed by atoms with E-state index < -0.39 is 24.5 Å². The molecule has 0 heterocycles. The Balaban J connectivity index is 2.42. The summed E-state index contributed by atoms with van der Waals surface area (Å²) >= 11 is 0. The molecule has 0 aliphatic heterocycles. The highest BCUT2D eigenvalue weighted by atomic mass is 16.8. The van der Waals surface area contributed by atoms with Gasteiger partial charge in [0, 0.05) is 0 Å². The van der Waals surface area contributed by atoms with E-state index in [2.05, 4.69) is 13.8 Å². The van der Waals surface area contributed by atoms with Crippen molar-refractivity contribution >= 4 is 12.3 Å². The van der Waals surface area contributed by atoms with Crippen molar-refractivity contribution in [1.29, 1.82) is 0 Å². The monoisotopic (exact) mass is 358 g/mol. The van der Waals surface area contributed by atoms with Crippen LogP contribution in [0.15, 0.2) is 0 Å². The molecule has 0 spiro atoms. The van der Waals surface area contributed by atoms with Crippen LogP contribution >= 0.6 is 0 Å². The maximum Gasteiger partial charge on any atom is 0.508 e. The zero-order chi connectivity index (χ0) is 18.7. The van der Waals surface area contributed by atoms with E-state index >= 15 is 0 Å². The molecule has 1 fully saturated rings. The third-order valence-electron chi connectivity index (χ3n) is 4.45. The molecular formula is C19H34O6. The molecule has 0 aromatic heterocycles. The SMILES string of the molecule is CCCCC(CC)COC(=O)OC1CCCCC1OC(=O)OC(C)C. The number of rotatable bonds is 9. The molecular weight excluding hydrogens is 324 g/mol. The molecule has 1 aliphatic rings. The molecule has 146 valence electrons. The van der Waals surface area contributed by atoms with Crippen molar-refractivity contribution in [3.8, 4) is 0 Å². The summed E-state index contributed by atoms with van der Waals surface area (Å²) in [5, 5.41) is 0. The van der Waals surface area contributed by atoms with E-state index in [1.54, 1.807) is 13.8 Å². The van der Waals surface area contributed by atoms with Gasteiger partial charge in [-0.3, -0.25) is 0 Å². The molecule has 1 aliphatic carbocycles. The van der Waals surface area contributed by atoms with Crippen LogP contribution in [0.2, 0.25) is 0 Å². The van der Waals surface area contributed by atoms with Gasteiger partial charge in [0.25, 0.3) is 0 Å². The van der Waals surface area contributed by atoms with E-state index in [9.17, 15) is 9.59 Å². The molecule has 1 rings (SSSR count). The average molecular weight is 358 g/mol. The second kappa shape index (κ2) is 12.0. The van der Waals surface area contributed by atoms with Gasteiger partial charge in [-0.1, -0.05) is 33.1 Å². The Morgan fingerprint density at radius 3 is 2.12 bits per heavy atom. The predicted molar refractivity (Wildman–Crippen MR) is 94.5 cm³/mol. The Labute approximate surface area is 151 Å². The zero-order valence-electron chi connectivity index (χ0n) is 16.1. The fourth-order valence-corrected chi connectivity index (χ4v) is 2.92. The van der Waals surface area contributed by atoms with Gasteiger partial charge in [0.15, 0.2) is 0 Å². The first kappa shape index (κ1) is 21.6. The first-order valence-corrected chi connectivity index (χ1v) is 9.66. The van der Waals surface area contributed by atoms with Crippen LogP contribution in [0.3, 0.4) is 0 Å². The Morgan fingerprint density at radius 1 is 1.00 bits per heavy atom. The molecule has 0 aromatic carbocycles. The fraction of sp³-hybridized carbons (Fsp3) is 0.895. The van der Waals surface area contributed by atoms with Crippen LogP contribution in [-0.2, 0) is 18.9 Å². The highest BCUT2D eigenvalue weighted by molar-refractivity contribution is 5.61. The molecule has 0 radical (unpaired) electrons. The molecule has 0 amide bonds. The summed E-state index contributed by atoms with van der Waals surface area (Å²) in [7, 11) is 0. The first-order valence-electron chi connectivity index (χ1n) is 9.66. The Morgan fingerprint density at radius 2 is 1.60 bits per heavy atom. The minimum absolute atomic E-state index is 0.241. The van der Waals surface area contributed by atoms with Crippen LogP contribution in [0.1, 0.15) is 79.1 Å². The fourth-order valence-electron chi connectivity index (χ4n) is 2.92. The van der Waals surface area contributed by atoms with Gasteiger partial charge >= 0.3 is 12.3 Å². The third-order valence-corrected chi connectivity index (χ3v) is 4.45. The van der Waals surface area contributed by atoms with Crippen LogP contribution < -0.4 is 0 Å². The minimum Gasteiger partial charge on any atom is -0.434 e. The van der Waals surface area contributed by atoms with Crippen LogP contribution in [0.25, 0.3) is 0 Å². The van der Waals surface area contributed by atoms with Crippen LogP contribution in [-0.4, -0.2) is 37.2 Å². The van der Waals surface area contributed by atoms with E-state index in [1.807, 2.05) is 0 Å². The van der Waals surface area contributed by atoms with Crippen LogP contribution in [0.5, 0.6) is 0 Å². The number of unbranched alkanes of at least 4 members (excludes halogenated alkanes) is 1. The lowest BCUT2D eigenvalue weighted by Gasteiger charge is -2.30. The molecule has 1 saturated carbocycles. The van der Waals surface area contributed by atoms with E-state index in [0.29, 0.717) is 25.4 Å². The minimum atomic E-state index is -0.713. The van der Waals surface area contributed by atoms with Gasteiger partial charge in [0.1, 0.15) is 12.2 Å². The van der Waals surface area contributed by atoms with Crippen molar-refractivity contribution in [3.05, 3.63) is 0 Å². The Hall–Kier alpha value is -1.46. The lowest BCUT2D eigenvalue weighted by Crippen LogP contribution is -2.38. The van der Waals surface area contributed by atoms with Gasteiger partial charge in [-0.05, 0) is 51.9 Å². The average Bonchev–Trinajstić information content (AvgIpc) is 2.56. The molecule has 0 N–H and O–H groups in total. The smallest absolute Gasteiger partial charge is 0.434 e. The molecule has 6 nitrogen and oxygen atoms in total. The standard InChI is InChI=1S/C19H34O6/c1-5-7-10-15(6-2)13-22-18(20)24-16-11-8-9-12-17(16)25-19(21)23-14(3)4/h14-17H,5-13H2,1-4H3. The van der Waals surface area contributed by atoms with Gasteiger partial charge in [-0.15, -0.1) is 0 Å². The topological polar surface area (TPSA) is 71.1 Å². The maximum atomic E-state index is 12.0. The van der Waals surface area contributed by atoms with E-state index in [0.717, 1.165) is 38.5 Å². The summed E-state index contributed by atoms with van der Waals surface area (Å²) in [4.78, 5) is 23.7. The first-order chi connectivity index (χ1) is 12.0. The lowest BCUT2D eigenvalue weighted by atomic mass is 9.95. The van der Waals surface area contributed by atoms with E-state index in [-0.39, 0.29) is 6.10 Å². The second-order valence-electron chi connectivity index (χ2n) is 6.99. The van der Waals surface area contributed by atoms with Gasteiger partial charge in [0.2, 0.25) is 0 Å². The summed E-state index contributed by atoms with van der Waals surface area (Å²) in [6.07, 6.45) is 4.94. The largest absolute Gasteiger partial charge is 0.508 e. The number of carbonyl (C=O) groups is 2. The zero-order valence-corrected chi connectivity index (χ0v) is 16.1. The van der Waals surface area contributed by atoms with Crippen LogP contribution in [0, 0.1) is 5.92 Å². The van der Waals surface area contributed by atoms with Crippen molar-refractivity contribution in [2.75, 3.05) is 6.61 Å². The van der Waals surface area contributed by atoms with Crippen molar-refractivity contribution in [2.24, 2.45) is 5.92 Å². The lowest BCUT2D eigenvalue weighted by molar-refractivity contribution is -0.0767. The maximum absolute atomic E-state index is 12.0. The molecule has 0 saturated heterocycles. The van der Waals surface area contributed by atoms with Gasteiger partial charge in [-0.2, -0.15) is 0 Å². The summed E-state index contributed by atoms with van der Waals surface area (Å²) < 4.78 is 21.0. The Kier molecular flexibility index (Phi) is 10.3. The highest BCUT2D eigenvalue weighted by Gasteiger charge is 2.32. The van der Waals surface area contributed by atoms with Gasteiger partial charge in [-0.25, -0.2) is 9.59 Å². The summed E-state index contributed by atoms with van der Waals surface area (Å²) in [6.45, 7) is 8.14. The number of hydrogen-bond donors (Lipinski definition) is 0. The molecule has 3 atom stereocenters. The Bertz CT molecular complexity index is 395.